The minimum absolute atomic E-state index is 0.0165. The molecule has 0 aromatic heterocycles. The smallest absolute Gasteiger partial charge is 0.258 e. The van der Waals surface area contributed by atoms with Crippen LogP contribution < -0.4 is 10.1 Å². The summed E-state index contributed by atoms with van der Waals surface area (Å²) >= 11 is 0. The Kier molecular flexibility index (Phi) is 4.96. The molecule has 0 saturated carbocycles. The number of piperidine rings is 1. The van der Waals surface area contributed by atoms with E-state index < -0.39 is 0 Å². The highest BCUT2D eigenvalue weighted by Gasteiger charge is 2.36. The molecule has 0 bridgehead atoms. The molecule has 23 heavy (non-hydrogen) atoms. The zero-order valence-corrected chi connectivity index (χ0v) is 13.6. The highest BCUT2D eigenvalue weighted by atomic mass is 16.5. The quantitative estimate of drug-likeness (QED) is 0.844. The van der Waals surface area contributed by atoms with E-state index >= 15 is 0 Å². The van der Waals surface area contributed by atoms with Gasteiger partial charge in [0.2, 0.25) is 0 Å². The molecule has 124 valence electrons. The Labute approximate surface area is 137 Å². The fourth-order valence-electron chi connectivity index (χ4n) is 3.60. The molecule has 1 N–H and O–H groups in total. The Morgan fingerprint density at radius 3 is 2.70 bits per heavy atom. The lowest BCUT2D eigenvalue weighted by Gasteiger charge is -2.32. The molecule has 2 saturated heterocycles. The summed E-state index contributed by atoms with van der Waals surface area (Å²) in [5, 5.41) is 3.12. The van der Waals surface area contributed by atoms with Crippen LogP contribution in [0.25, 0.3) is 0 Å². The second-order valence-corrected chi connectivity index (χ2v) is 6.43. The van der Waals surface area contributed by atoms with Crippen LogP contribution in [0.15, 0.2) is 24.3 Å². The summed E-state index contributed by atoms with van der Waals surface area (Å²) in [6.07, 6.45) is 4.74. The normalized spacial score (nSPS) is 24.0. The molecule has 5 heteroatoms. The number of hydrogen-bond acceptors (Lipinski definition) is 4. The Morgan fingerprint density at radius 1 is 1.17 bits per heavy atom. The maximum atomic E-state index is 12.1. The molecule has 0 radical (unpaired) electrons. The van der Waals surface area contributed by atoms with Gasteiger partial charge in [-0.15, -0.1) is 0 Å². The maximum absolute atomic E-state index is 12.1. The van der Waals surface area contributed by atoms with Crippen molar-refractivity contribution in [3.05, 3.63) is 29.8 Å². The van der Waals surface area contributed by atoms with Crippen molar-refractivity contribution in [2.24, 2.45) is 0 Å². The van der Waals surface area contributed by atoms with Gasteiger partial charge in [0.1, 0.15) is 5.75 Å². The molecule has 2 aliphatic rings. The van der Waals surface area contributed by atoms with Gasteiger partial charge in [-0.2, -0.15) is 0 Å². The van der Waals surface area contributed by atoms with Gasteiger partial charge in [0, 0.05) is 24.2 Å². The summed E-state index contributed by atoms with van der Waals surface area (Å²) in [4.78, 5) is 25.8. The molecule has 2 aliphatic heterocycles. The lowest BCUT2D eigenvalue weighted by molar-refractivity contribution is -0.124. The van der Waals surface area contributed by atoms with Crippen molar-refractivity contribution in [1.29, 1.82) is 0 Å². The van der Waals surface area contributed by atoms with Gasteiger partial charge in [0.15, 0.2) is 12.4 Å². The van der Waals surface area contributed by atoms with Crippen molar-refractivity contribution in [1.82, 2.24) is 10.2 Å². The minimum Gasteiger partial charge on any atom is -0.484 e. The highest BCUT2D eigenvalue weighted by Crippen LogP contribution is 2.27. The molecule has 1 aromatic rings. The topological polar surface area (TPSA) is 58.6 Å². The van der Waals surface area contributed by atoms with E-state index in [9.17, 15) is 9.59 Å². The third-order valence-corrected chi connectivity index (χ3v) is 4.83. The van der Waals surface area contributed by atoms with Crippen molar-refractivity contribution >= 4 is 11.7 Å². The number of rotatable bonds is 5. The van der Waals surface area contributed by atoms with Gasteiger partial charge in [-0.1, -0.05) is 6.42 Å². The number of fused-ring (bicyclic) bond motifs is 1. The minimum atomic E-state index is -0.0712. The lowest BCUT2D eigenvalue weighted by atomic mass is 9.99. The molecular weight excluding hydrogens is 292 g/mol. The number of Topliss-reactive ketones (excluding diaryl/α,β-unsaturated/α-hetero) is 1. The van der Waals surface area contributed by atoms with Crippen molar-refractivity contribution in [2.45, 2.75) is 44.7 Å². The molecule has 2 heterocycles. The van der Waals surface area contributed by atoms with Crippen molar-refractivity contribution < 1.29 is 14.3 Å². The standard InChI is InChI=1S/C18H24N2O3/c1-13(21)14-5-7-15(8-6-14)23-12-18(22)19-16-9-11-20-10-3-2-4-17(16)20/h5-8,16-17H,2-4,9-12H2,1H3,(H,19,22). The molecule has 2 unspecified atom stereocenters. The molecule has 1 aromatic carbocycles. The molecule has 5 nitrogen and oxygen atoms in total. The van der Waals surface area contributed by atoms with E-state index in [2.05, 4.69) is 10.2 Å². The van der Waals surface area contributed by atoms with E-state index in [0.29, 0.717) is 17.4 Å². The monoisotopic (exact) mass is 316 g/mol. The molecule has 0 spiro atoms. The van der Waals surface area contributed by atoms with Gasteiger partial charge in [-0.3, -0.25) is 14.5 Å². The van der Waals surface area contributed by atoms with E-state index in [-0.39, 0.29) is 24.3 Å². The van der Waals surface area contributed by atoms with E-state index in [1.54, 1.807) is 24.3 Å². The average molecular weight is 316 g/mol. The van der Waals surface area contributed by atoms with Gasteiger partial charge in [-0.25, -0.2) is 0 Å². The van der Waals surface area contributed by atoms with Crippen LogP contribution >= 0.6 is 0 Å². The van der Waals surface area contributed by atoms with Crippen molar-refractivity contribution in [3.63, 3.8) is 0 Å². The van der Waals surface area contributed by atoms with Crippen LogP contribution in [0.3, 0.4) is 0 Å². The third kappa shape index (κ3) is 3.91. The second kappa shape index (κ2) is 7.13. The molecule has 3 rings (SSSR count). The van der Waals surface area contributed by atoms with E-state index in [0.717, 1.165) is 19.5 Å². The van der Waals surface area contributed by atoms with Gasteiger partial charge < -0.3 is 10.1 Å². The van der Waals surface area contributed by atoms with Crippen LogP contribution in [-0.2, 0) is 4.79 Å². The first kappa shape index (κ1) is 16.0. The summed E-state index contributed by atoms with van der Waals surface area (Å²) in [6, 6.07) is 7.64. The highest BCUT2D eigenvalue weighted by molar-refractivity contribution is 5.94. The number of nitrogens with zero attached hydrogens (tertiary/aromatic N) is 1. The number of amides is 1. The van der Waals surface area contributed by atoms with E-state index in [1.807, 2.05) is 0 Å². The Hall–Kier alpha value is -1.88. The SMILES string of the molecule is CC(=O)c1ccc(OCC(=O)NC2CCN3CCCCC23)cc1. The lowest BCUT2D eigenvalue weighted by Crippen LogP contribution is -2.47. The second-order valence-electron chi connectivity index (χ2n) is 6.43. The van der Waals surface area contributed by atoms with E-state index in [4.69, 9.17) is 4.74 Å². The summed E-state index contributed by atoms with van der Waals surface area (Å²) in [6.45, 7) is 3.79. The average Bonchev–Trinajstić information content (AvgIpc) is 2.96. The van der Waals surface area contributed by atoms with Crippen LogP contribution in [0.5, 0.6) is 5.75 Å². The van der Waals surface area contributed by atoms with Crippen molar-refractivity contribution in [2.75, 3.05) is 19.7 Å². The van der Waals surface area contributed by atoms with Gasteiger partial charge in [0.05, 0.1) is 0 Å². The summed E-state index contributed by atoms with van der Waals surface area (Å²) in [7, 11) is 0. The Morgan fingerprint density at radius 2 is 1.96 bits per heavy atom. The van der Waals surface area contributed by atoms with Crippen molar-refractivity contribution in [3.8, 4) is 5.75 Å². The molecule has 2 atom stereocenters. The van der Waals surface area contributed by atoms with Gasteiger partial charge >= 0.3 is 0 Å². The van der Waals surface area contributed by atoms with Crippen LogP contribution in [0.1, 0.15) is 43.0 Å². The largest absolute Gasteiger partial charge is 0.484 e. The first-order chi connectivity index (χ1) is 11.1. The fourth-order valence-corrected chi connectivity index (χ4v) is 3.60. The van der Waals surface area contributed by atoms with Crippen LogP contribution in [0.2, 0.25) is 0 Å². The summed E-state index contributed by atoms with van der Waals surface area (Å²) in [5.74, 6) is 0.557. The number of carbonyl (C=O) groups is 2. The molecule has 2 fully saturated rings. The number of carbonyl (C=O) groups excluding carboxylic acids is 2. The first-order valence-corrected chi connectivity index (χ1v) is 8.41. The summed E-state index contributed by atoms with van der Waals surface area (Å²) in [5.41, 5.74) is 0.644. The number of nitrogens with one attached hydrogen (secondary N) is 1. The Balaban J connectivity index is 1.47. The summed E-state index contributed by atoms with van der Waals surface area (Å²) < 4.78 is 5.51. The predicted molar refractivity (Wildman–Crippen MR) is 87.7 cm³/mol. The number of benzene rings is 1. The number of hydrogen-bond donors (Lipinski definition) is 1. The van der Waals surface area contributed by atoms with Gasteiger partial charge in [0.25, 0.3) is 5.91 Å². The zero-order chi connectivity index (χ0) is 16.2. The van der Waals surface area contributed by atoms with Crippen LogP contribution in [0, 0.1) is 0 Å². The van der Waals surface area contributed by atoms with E-state index in [1.165, 1.54) is 26.2 Å². The third-order valence-electron chi connectivity index (χ3n) is 4.83. The first-order valence-electron chi connectivity index (χ1n) is 8.41. The van der Waals surface area contributed by atoms with Gasteiger partial charge in [-0.05, 0) is 57.0 Å². The predicted octanol–water partition coefficient (Wildman–Crippen LogP) is 2.01. The zero-order valence-electron chi connectivity index (χ0n) is 13.6. The Bertz CT molecular complexity index is 570. The molecular formula is C18H24N2O3. The fraction of sp³-hybridized carbons (Fsp3) is 0.556. The molecule has 1 amide bonds. The van der Waals surface area contributed by atoms with Crippen LogP contribution in [-0.4, -0.2) is 48.4 Å². The number of ketones is 1. The molecule has 0 aliphatic carbocycles. The number of ether oxygens (including phenoxy) is 1. The maximum Gasteiger partial charge on any atom is 0.258 e. The van der Waals surface area contributed by atoms with Crippen LogP contribution in [0.4, 0.5) is 0 Å².